The van der Waals surface area contributed by atoms with Crippen molar-refractivity contribution in [1.82, 2.24) is 0 Å². The highest BCUT2D eigenvalue weighted by Gasteiger charge is 2.06. The van der Waals surface area contributed by atoms with Crippen LogP contribution in [-0.4, -0.2) is 6.61 Å². The van der Waals surface area contributed by atoms with Crippen molar-refractivity contribution in [3.05, 3.63) is 53.8 Å². The first kappa shape index (κ1) is 13.9. The molecule has 0 N–H and O–H groups in total. The Balaban J connectivity index is 2.16. The van der Waals surface area contributed by atoms with Crippen molar-refractivity contribution in [2.45, 2.75) is 13.3 Å². The van der Waals surface area contributed by atoms with Crippen LogP contribution in [0.2, 0.25) is 0 Å². The van der Waals surface area contributed by atoms with Crippen LogP contribution in [0.25, 0.3) is 0 Å². The van der Waals surface area contributed by atoms with E-state index in [4.69, 9.17) is 14.7 Å². The molecule has 0 aromatic heterocycles. The maximum Gasteiger partial charge on any atom is 0.165 e. The summed E-state index contributed by atoms with van der Waals surface area (Å²) in [5, 5.41) is 8.65. The van der Waals surface area contributed by atoms with Crippen molar-refractivity contribution in [3.8, 4) is 23.3 Å². The van der Waals surface area contributed by atoms with Gasteiger partial charge in [-0.3, -0.25) is 0 Å². The van der Waals surface area contributed by atoms with E-state index in [1.807, 2.05) is 13.0 Å². The van der Waals surface area contributed by atoms with Crippen LogP contribution in [0.5, 0.6) is 17.2 Å². The van der Waals surface area contributed by atoms with E-state index in [0.29, 0.717) is 12.4 Å². The molecule has 0 atom stereocenters. The van der Waals surface area contributed by atoms with E-state index in [2.05, 4.69) is 0 Å². The molecule has 0 fully saturated rings. The maximum atomic E-state index is 13.7. The summed E-state index contributed by atoms with van der Waals surface area (Å²) >= 11 is 0. The average molecular weight is 271 g/mol. The third-order valence-corrected chi connectivity index (χ3v) is 2.64. The number of rotatable bonds is 5. The summed E-state index contributed by atoms with van der Waals surface area (Å²) in [4.78, 5) is 0. The zero-order valence-electron chi connectivity index (χ0n) is 11.1. The van der Waals surface area contributed by atoms with Gasteiger partial charge in [0.25, 0.3) is 0 Å². The van der Waals surface area contributed by atoms with E-state index < -0.39 is 5.82 Å². The van der Waals surface area contributed by atoms with Crippen LogP contribution in [0.4, 0.5) is 4.39 Å². The molecule has 0 aliphatic heterocycles. The van der Waals surface area contributed by atoms with Gasteiger partial charge < -0.3 is 9.47 Å². The topological polar surface area (TPSA) is 42.2 Å². The lowest BCUT2D eigenvalue weighted by atomic mass is 10.1. The van der Waals surface area contributed by atoms with E-state index in [0.717, 1.165) is 11.3 Å². The Hall–Kier alpha value is -2.54. The highest BCUT2D eigenvalue weighted by Crippen LogP contribution is 2.27. The predicted molar refractivity (Wildman–Crippen MR) is 73.4 cm³/mol. The van der Waals surface area contributed by atoms with Gasteiger partial charge in [0.05, 0.1) is 19.1 Å². The second-order valence-corrected chi connectivity index (χ2v) is 4.11. The molecule has 0 saturated carbocycles. The predicted octanol–water partition coefficient (Wildman–Crippen LogP) is 4.08. The van der Waals surface area contributed by atoms with Gasteiger partial charge in [-0.15, -0.1) is 0 Å². The zero-order valence-corrected chi connectivity index (χ0v) is 11.1. The monoisotopic (exact) mass is 271 g/mol. The van der Waals surface area contributed by atoms with E-state index in [1.165, 1.54) is 12.1 Å². The number of hydrogen-bond donors (Lipinski definition) is 0. The van der Waals surface area contributed by atoms with Gasteiger partial charge in [-0.1, -0.05) is 6.07 Å². The van der Waals surface area contributed by atoms with Crippen molar-refractivity contribution in [2.75, 3.05) is 6.61 Å². The van der Waals surface area contributed by atoms with Crippen LogP contribution in [0, 0.1) is 17.1 Å². The van der Waals surface area contributed by atoms with E-state index in [-0.39, 0.29) is 12.2 Å². The van der Waals surface area contributed by atoms with Crippen molar-refractivity contribution >= 4 is 0 Å². The summed E-state index contributed by atoms with van der Waals surface area (Å²) in [7, 11) is 0. The van der Waals surface area contributed by atoms with Gasteiger partial charge in [0.15, 0.2) is 11.6 Å². The van der Waals surface area contributed by atoms with Crippen LogP contribution in [-0.2, 0) is 6.42 Å². The molecule has 0 unspecified atom stereocenters. The molecule has 2 aromatic carbocycles. The third-order valence-electron chi connectivity index (χ3n) is 2.64. The second kappa shape index (κ2) is 6.58. The number of nitriles is 1. The normalized spacial score (nSPS) is 9.85. The van der Waals surface area contributed by atoms with Gasteiger partial charge in [-0.2, -0.15) is 5.26 Å². The lowest BCUT2D eigenvalue weighted by Crippen LogP contribution is -1.93. The smallest absolute Gasteiger partial charge is 0.165 e. The Labute approximate surface area is 117 Å². The number of nitrogens with zero attached hydrogens (tertiary/aromatic N) is 1. The SMILES string of the molecule is CCOc1ccc(Oc2cc(CC#N)ccc2F)cc1. The highest BCUT2D eigenvalue weighted by molar-refractivity contribution is 5.38. The molecule has 20 heavy (non-hydrogen) atoms. The Bertz CT molecular complexity index is 617. The molecule has 0 amide bonds. The summed E-state index contributed by atoms with van der Waals surface area (Å²) in [6, 6.07) is 13.4. The number of hydrogen-bond acceptors (Lipinski definition) is 3. The Morgan fingerprint density at radius 1 is 1.10 bits per heavy atom. The van der Waals surface area contributed by atoms with Crippen LogP contribution >= 0.6 is 0 Å². The van der Waals surface area contributed by atoms with E-state index >= 15 is 0 Å². The summed E-state index contributed by atoms with van der Waals surface area (Å²) in [5.41, 5.74) is 0.717. The molecule has 2 aromatic rings. The molecule has 0 aliphatic carbocycles. The van der Waals surface area contributed by atoms with E-state index in [1.54, 1.807) is 30.3 Å². The number of ether oxygens (including phenoxy) is 2. The zero-order chi connectivity index (χ0) is 14.4. The lowest BCUT2D eigenvalue weighted by Gasteiger charge is -2.09. The minimum atomic E-state index is -0.458. The number of halogens is 1. The molecule has 2 rings (SSSR count). The van der Waals surface area contributed by atoms with Crippen molar-refractivity contribution in [1.29, 1.82) is 5.26 Å². The summed E-state index contributed by atoms with van der Waals surface area (Å²) in [5.74, 6) is 0.905. The van der Waals surface area contributed by atoms with Gasteiger partial charge in [-0.25, -0.2) is 4.39 Å². The van der Waals surface area contributed by atoms with Crippen molar-refractivity contribution < 1.29 is 13.9 Å². The molecule has 0 heterocycles. The summed E-state index contributed by atoms with van der Waals surface area (Å²) in [6.07, 6.45) is 0.222. The van der Waals surface area contributed by atoms with Gasteiger partial charge in [0, 0.05) is 0 Å². The molecule has 3 nitrogen and oxygen atoms in total. The quantitative estimate of drug-likeness (QED) is 0.822. The third kappa shape index (κ3) is 3.48. The van der Waals surface area contributed by atoms with Gasteiger partial charge >= 0.3 is 0 Å². The minimum absolute atomic E-state index is 0.113. The molecule has 102 valence electrons. The fourth-order valence-electron chi connectivity index (χ4n) is 1.72. The Morgan fingerprint density at radius 2 is 1.80 bits per heavy atom. The average Bonchev–Trinajstić information content (AvgIpc) is 2.45. The fourth-order valence-corrected chi connectivity index (χ4v) is 1.72. The second-order valence-electron chi connectivity index (χ2n) is 4.11. The molecule has 0 radical (unpaired) electrons. The van der Waals surface area contributed by atoms with Gasteiger partial charge in [0.1, 0.15) is 11.5 Å². The molecule has 0 saturated heterocycles. The van der Waals surface area contributed by atoms with Crippen LogP contribution in [0.1, 0.15) is 12.5 Å². The van der Waals surface area contributed by atoms with Crippen LogP contribution in [0.15, 0.2) is 42.5 Å². The molecular formula is C16H14FNO2. The fraction of sp³-hybridized carbons (Fsp3) is 0.188. The minimum Gasteiger partial charge on any atom is -0.494 e. The molecule has 0 aliphatic rings. The Kier molecular flexibility index (Phi) is 4.56. The first-order chi connectivity index (χ1) is 9.72. The van der Waals surface area contributed by atoms with Gasteiger partial charge in [-0.05, 0) is 48.9 Å². The molecule has 0 bridgehead atoms. The first-order valence-corrected chi connectivity index (χ1v) is 6.29. The van der Waals surface area contributed by atoms with Crippen LogP contribution in [0.3, 0.4) is 0 Å². The van der Waals surface area contributed by atoms with Crippen molar-refractivity contribution in [3.63, 3.8) is 0 Å². The standard InChI is InChI=1S/C16H14FNO2/c1-2-19-13-4-6-14(7-5-13)20-16-11-12(9-10-18)3-8-15(16)17/h3-8,11H,2,9H2,1H3. The Morgan fingerprint density at radius 3 is 2.45 bits per heavy atom. The molecule has 0 spiro atoms. The summed E-state index contributed by atoms with van der Waals surface area (Å²) < 4.78 is 24.5. The van der Waals surface area contributed by atoms with Crippen LogP contribution < -0.4 is 9.47 Å². The lowest BCUT2D eigenvalue weighted by molar-refractivity contribution is 0.339. The van der Waals surface area contributed by atoms with Crippen molar-refractivity contribution in [2.24, 2.45) is 0 Å². The first-order valence-electron chi connectivity index (χ1n) is 6.29. The molecular weight excluding hydrogens is 257 g/mol. The highest BCUT2D eigenvalue weighted by atomic mass is 19.1. The maximum absolute atomic E-state index is 13.7. The largest absolute Gasteiger partial charge is 0.494 e. The molecule has 4 heteroatoms. The number of benzene rings is 2. The van der Waals surface area contributed by atoms with E-state index in [9.17, 15) is 4.39 Å². The van der Waals surface area contributed by atoms with Gasteiger partial charge in [0.2, 0.25) is 0 Å². The summed E-state index contributed by atoms with van der Waals surface area (Å²) in [6.45, 7) is 2.49.